The largest absolute Gasteiger partial charge is 0.496 e. The Morgan fingerprint density at radius 1 is 1.16 bits per heavy atom. The second-order valence-electron chi connectivity index (χ2n) is 8.44. The first-order valence-corrected chi connectivity index (χ1v) is 11.2. The first-order chi connectivity index (χ1) is 15.6. The Bertz CT molecular complexity index is 1030. The number of rotatable bonds is 8. The Hall–Kier alpha value is -3.19. The van der Waals surface area contributed by atoms with E-state index in [4.69, 9.17) is 4.74 Å². The zero-order valence-corrected chi connectivity index (χ0v) is 18.8. The van der Waals surface area contributed by atoms with Crippen LogP contribution in [0.15, 0.2) is 55.0 Å². The van der Waals surface area contributed by atoms with Crippen molar-refractivity contribution in [3.8, 4) is 5.75 Å². The molecule has 0 radical (unpaired) electrons. The van der Waals surface area contributed by atoms with E-state index in [2.05, 4.69) is 32.4 Å². The third-order valence-electron chi connectivity index (χ3n) is 6.13. The smallest absolute Gasteiger partial charge is 0.255 e. The predicted molar refractivity (Wildman–Crippen MR) is 123 cm³/mol. The van der Waals surface area contributed by atoms with Crippen molar-refractivity contribution in [2.24, 2.45) is 13.0 Å². The quantitative estimate of drug-likeness (QED) is 0.591. The summed E-state index contributed by atoms with van der Waals surface area (Å²) in [5, 5.41) is 7.64. The Morgan fingerprint density at radius 3 is 2.66 bits per heavy atom. The third kappa shape index (κ3) is 5.53. The number of nitrogens with one attached hydrogen (secondary N) is 1. The molecule has 0 aliphatic carbocycles. The van der Waals surface area contributed by atoms with Gasteiger partial charge in [0.15, 0.2) is 0 Å². The van der Waals surface area contributed by atoms with Gasteiger partial charge in [-0.25, -0.2) is 0 Å². The first-order valence-electron chi connectivity index (χ1n) is 11.2. The molecule has 0 saturated carbocycles. The van der Waals surface area contributed by atoms with Crippen LogP contribution in [0, 0.1) is 5.92 Å². The lowest BCUT2D eigenvalue weighted by atomic mass is 9.91. The summed E-state index contributed by atoms with van der Waals surface area (Å²) in [5.74, 6) is 1.23. The number of methoxy groups -OCH3 is 1. The van der Waals surface area contributed by atoms with Crippen molar-refractivity contribution in [2.45, 2.75) is 32.4 Å². The van der Waals surface area contributed by atoms with Gasteiger partial charge in [-0.2, -0.15) is 5.10 Å². The minimum Gasteiger partial charge on any atom is -0.496 e. The SMILES string of the molecule is COc1ccccc1CNC(=O)c1cn(C)nc1CC1CCN(Cc2ccncc2)CC1. The molecule has 4 rings (SSSR count). The van der Waals surface area contributed by atoms with Crippen LogP contribution in [0.5, 0.6) is 5.75 Å². The Labute approximate surface area is 189 Å². The van der Waals surface area contributed by atoms with Crippen LogP contribution in [0.2, 0.25) is 0 Å². The summed E-state index contributed by atoms with van der Waals surface area (Å²) in [4.78, 5) is 19.5. The highest BCUT2D eigenvalue weighted by Gasteiger charge is 2.24. The van der Waals surface area contributed by atoms with Crippen molar-refractivity contribution in [1.82, 2.24) is 25.0 Å². The van der Waals surface area contributed by atoms with Gasteiger partial charge in [-0.05, 0) is 62.0 Å². The summed E-state index contributed by atoms with van der Waals surface area (Å²) in [5.41, 5.74) is 3.81. The molecule has 1 aliphatic rings. The molecule has 168 valence electrons. The summed E-state index contributed by atoms with van der Waals surface area (Å²) < 4.78 is 7.12. The molecular weight excluding hydrogens is 402 g/mol. The zero-order valence-electron chi connectivity index (χ0n) is 18.8. The number of para-hydroxylation sites is 1. The Morgan fingerprint density at radius 2 is 1.91 bits per heavy atom. The summed E-state index contributed by atoms with van der Waals surface area (Å²) in [6.07, 6.45) is 8.59. The first kappa shape index (κ1) is 22.0. The van der Waals surface area contributed by atoms with Crippen LogP contribution in [0.4, 0.5) is 0 Å². The second-order valence-corrected chi connectivity index (χ2v) is 8.44. The number of piperidine rings is 1. The molecule has 1 fully saturated rings. The molecule has 32 heavy (non-hydrogen) atoms. The number of pyridine rings is 1. The van der Waals surface area contributed by atoms with E-state index in [1.54, 1.807) is 11.8 Å². The summed E-state index contributed by atoms with van der Waals surface area (Å²) in [6.45, 7) is 3.52. The highest BCUT2D eigenvalue weighted by Crippen LogP contribution is 2.24. The normalized spacial score (nSPS) is 14.9. The van der Waals surface area contributed by atoms with Crippen molar-refractivity contribution in [2.75, 3.05) is 20.2 Å². The molecule has 1 aromatic carbocycles. The number of aryl methyl sites for hydroxylation is 1. The number of hydrogen-bond donors (Lipinski definition) is 1. The van der Waals surface area contributed by atoms with Crippen molar-refractivity contribution in [3.63, 3.8) is 0 Å². The fraction of sp³-hybridized carbons (Fsp3) is 0.400. The Kier molecular flexibility index (Phi) is 7.17. The topological polar surface area (TPSA) is 72.3 Å². The number of aromatic nitrogens is 3. The van der Waals surface area contributed by atoms with Crippen LogP contribution in [0.3, 0.4) is 0 Å². The molecular formula is C25H31N5O2. The molecule has 1 aliphatic heterocycles. The predicted octanol–water partition coefficient (Wildman–Crippen LogP) is 3.21. The number of likely N-dealkylation sites (tertiary alicyclic amines) is 1. The number of nitrogens with zero attached hydrogens (tertiary/aromatic N) is 4. The van der Waals surface area contributed by atoms with Gasteiger partial charge in [-0.15, -0.1) is 0 Å². The molecule has 0 unspecified atom stereocenters. The van der Waals surface area contributed by atoms with Crippen molar-refractivity contribution < 1.29 is 9.53 Å². The van der Waals surface area contributed by atoms with E-state index in [-0.39, 0.29) is 5.91 Å². The maximum absolute atomic E-state index is 12.9. The van der Waals surface area contributed by atoms with Gasteiger partial charge in [0, 0.05) is 44.3 Å². The van der Waals surface area contributed by atoms with Crippen LogP contribution in [-0.2, 0) is 26.6 Å². The van der Waals surface area contributed by atoms with Crippen molar-refractivity contribution in [1.29, 1.82) is 0 Å². The fourth-order valence-electron chi connectivity index (χ4n) is 4.36. The number of carbonyl (C=O) groups excluding carboxylic acids is 1. The number of carbonyl (C=O) groups is 1. The fourth-order valence-corrected chi connectivity index (χ4v) is 4.36. The molecule has 2 aromatic heterocycles. The summed E-state index contributed by atoms with van der Waals surface area (Å²) >= 11 is 0. The van der Waals surface area contributed by atoms with Gasteiger partial charge in [-0.1, -0.05) is 18.2 Å². The van der Waals surface area contributed by atoms with E-state index < -0.39 is 0 Å². The Balaban J connectivity index is 1.33. The van der Waals surface area contributed by atoms with Gasteiger partial charge in [0.05, 0.1) is 18.4 Å². The average Bonchev–Trinajstić information content (AvgIpc) is 3.19. The van der Waals surface area contributed by atoms with Crippen molar-refractivity contribution in [3.05, 3.63) is 77.4 Å². The van der Waals surface area contributed by atoms with E-state index in [1.807, 2.05) is 49.9 Å². The van der Waals surface area contributed by atoms with E-state index in [0.29, 0.717) is 18.0 Å². The lowest BCUT2D eigenvalue weighted by molar-refractivity contribution is 0.0949. The van der Waals surface area contributed by atoms with Gasteiger partial charge in [-0.3, -0.25) is 19.4 Å². The minimum atomic E-state index is -0.0888. The van der Waals surface area contributed by atoms with Crippen LogP contribution in [-0.4, -0.2) is 45.8 Å². The van der Waals surface area contributed by atoms with Gasteiger partial charge in [0.25, 0.3) is 5.91 Å². The molecule has 7 nitrogen and oxygen atoms in total. The van der Waals surface area contributed by atoms with E-state index >= 15 is 0 Å². The van der Waals surface area contributed by atoms with Crippen LogP contribution >= 0.6 is 0 Å². The molecule has 1 saturated heterocycles. The second kappa shape index (κ2) is 10.4. The highest BCUT2D eigenvalue weighted by molar-refractivity contribution is 5.95. The lowest BCUT2D eigenvalue weighted by Gasteiger charge is -2.31. The van der Waals surface area contributed by atoms with Gasteiger partial charge >= 0.3 is 0 Å². The van der Waals surface area contributed by atoms with Gasteiger partial charge in [0.1, 0.15) is 5.75 Å². The minimum absolute atomic E-state index is 0.0888. The molecule has 0 bridgehead atoms. The zero-order chi connectivity index (χ0) is 22.3. The molecule has 0 atom stereocenters. The van der Waals surface area contributed by atoms with Crippen LogP contribution in [0.1, 0.15) is 40.0 Å². The van der Waals surface area contributed by atoms with E-state index in [1.165, 1.54) is 5.56 Å². The lowest BCUT2D eigenvalue weighted by Crippen LogP contribution is -2.34. The van der Waals surface area contributed by atoms with Crippen LogP contribution in [0.25, 0.3) is 0 Å². The standard InChI is InChI=1S/C25H31N5O2/c1-29-18-22(25(31)27-16-21-5-3-4-6-24(21)32-2)23(28-29)15-19-9-13-30(14-10-19)17-20-7-11-26-12-8-20/h3-8,11-12,18-19H,9-10,13-17H2,1-2H3,(H,27,31). The van der Waals surface area contributed by atoms with E-state index in [9.17, 15) is 4.79 Å². The van der Waals surface area contributed by atoms with Crippen molar-refractivity contribution >= 4 is 5.91 Å². The molecule has 3 heterocycles. The molecule has 1 amide bonds. The average molecular weight is 434 g/mol. The summed E-state index contributed by atoms with van der Waals surface area (Å²) in [7, 11) is 3.51. The van der Waals surface area contributed by atoms with Gasteiger partial charge in [0.2, 0.25) is 0 Å². The molecule has 3 aromatic rings. The third-order valence-corrected chi connectivity index (χ3v) is 6.13. The molecule has 1 N–H and O–H groups in total. The number of amides is 1. The van der Waals surface area contributed by atoms with E-state index in [0.717, 1.165) is 55.9 Å². The molecule has 0 spiro atoms. The number of hydrogen-bond acceptors (Lipinski definition) is 5. The number of benzene rings is 1. The monoisotopic (exact) mass is 433 g/mol. The maximum Gasteiger partial charge on any atom is 0.255 e. The van der Waals surface area contributed by atoms with Crippen LogP contribution < -0.4 is 10.1 Å². The van der Waals surface area contributed by atoms with Gasteiger partial charge < -0.3 is 10.1 Å². The summed E-state index contributed by atoms with van der Waals surface area (Å²) in [6, 6.07) is 11.9. The maximum atomic E-state index is 12.9. The highest BCUT2D eigenvalue weighted by atomic mass is 16.5. The molecule has 7 heteroatoms. The number of ether oxygens (including phenoxy) is 1.